The van der Waals surface area contributed by atoms with Gasteiger partial charge in [0.1, 0.15) is 23.0 Å². The van der Waals surface area contributed by atoms with Crippen LogP contribution in [-0.4, -0.2) is 28.4 Å². The minimum atomic E-state index is -1.05. The monoisotopic (exact) mass is 279 g/mol. The highest BCUT2D eigenvalue weighted by molar-refractivity contribution is 5.92. The van der Waals surface area contributed by atoms with Crippen molar-refractivity contribution in [3.05, 3.63) is 23.8 Å². The molecule has 0 spiro atoms. The summed E-state index contributed by atoms with van der Waals surface area (Å²) in [5.41, 5.74) is 5.34. The van der Waals surface area contributed by atoms with Crippen LogP contribution in [0.4, 0.5) is 5.69 Å². The summed E-state index contributed by atoms with van der Waals surface area (Å²) in [5, 5.41) is 9.23. The van der Waals surface area contributed by atoms with Crippen molar-refractivity contribution in [2.75, 3.05) is 5.73 Å². The summed E-state index contributed by atoms with van der Waals surface area (Å²) in [6.45, 7) is 7.90. The molecule has 0 saturated carbocycles. The van der Waals surface area contributed by atoms with Crippen molar-refractivity contribution in [2.24, 2.45) is 0 Å². The minimum Gasteiger partial charge on any atom is -0.486 e. The molecular formula is C15H21NO4. The molecule has 1 aromatic carbocycles. The van der Waals surface area contributed by atoms with Gasteiger partial charge in [-0.25, -0.2) is 4.79 Å². The number of hydrogen-bond donors (Lipinski definition) is 2. The molecule has 5 heteroatoms. The van der Waals surface area contributed by atoms with Gasteiger partial charge in [0, 0.05) is 12.1 Å². The molecule has 1 saturated heterocycles. The van der Waals surface area contributed by atoms with Crippen LogP contribution >= 0.6 is 0 Å². The van der Waals surface area contributed by atoms with Crippen LogP contribution in [0.15, 0.2) is 18.2 Å². The Morgan fingerprint density at radius 3 is 2.55 bits per heavy atom. The van der Waals surface area contributed by atoms with E-state index >= 15 is 0 Å². The molecule has 0 radical (unpaired) electrons. The zero-order valence-electron chi connectivity index (χ0n) is 12.3. The Labute approximate surface area is 118 Å². The Morgan fingerprint density at radius 1 is 1.40 bits per heavy atom. The summed E-state index contributed by atoms with van der Waals surface area (Å²) in [6.07, 6.45) is 0.489. The van der Waals surface area contributed by atoms with Gasteiger partial charge in [-0.2, -0.15) is 0 Å². The van der Waals surface area contributed by atoms with E-state index in [1.165, 1.54) is 6.07 Å². The third-order valence-electron chi connectivity index (χ3n) is 3.49. The number of benzene rings is 1. The van der Waals surface area contributed by atoms with Crippen molar-refractivity contribution >= 4 is 11.7 Å². The van der Waals surface area contributed by atoms with E-state index in [4.69, 9.17) is 15.2 Å². The van der Waals surface area contributed by atoms with Crippen molar-refractivity contribution < 1.29 is 19.4 Å². The highest BCUT2D eigenvalue weighted by Gasteiger charge is 2.47. The van der Waals surface area contributed by atoms with Gasteiger partial charge in [-0.1, -0.05) is 0 Å². The van der Waals surface area contributed by atoms with Crippen LogP contribution in [0, 0.1) is 0 Å². The topological polar surface area (TPSA) is 81.8 Å². The first-order valence-electron chi connectivity index (χ1n) is 6.60. The zero-order chi connectivity index (χ0) is 15.1. The molecule has 1 unspecified atom stereocenters. The Kier molecular flexibility index (Phi) is 3.42. The van der Waals surface area contributed by atoms with Gasteiger partial charge in [0.2, 0.25) is 0 Å². The third kappa shape index (κ3) is 2.88. The minimum absolute atomic E-state index is 0.0745. The van der Waals surface area contributed by atoms with E-state index in [1.54, 1.807) is 12.1 Å². The lowest BCUT2D eigenvalue weighted by atomic mass is 9.97. The molecule has 0 aliphatic carbocycles. The Morgan fingerprint density at radius 2 is 2.05 bits per heavy atom. The molecule has 1 aliphatic heterocycles. The fourth-order valence-corrected chi connectivity index (χ4v) is 2.67. The maximum absolute atomic E-state index is 11.3. The zero-order valence-corrected chi connectivity index (χ0v) is 12.3. The van der Waals surface area contributed by atoms with Crippen LogP contribution < -0.4 is 10.5 Å². The average Bonchev–Trinajstić information content (AvgIpc) is 2.48. The maximum Gasteiger partial charge on any atom is 0.339 e. The summed E-state index contributed by atoms with van der Waals surface area (Å²) >= 11 is 0. The van der Waals surface area contributed by atoms with E-state index in [0.717, 1.165) is 0 Å². The number of carbonyl (C=O) groups is 1. The maximum atomic E-state index is 11.3. The molecule has 20 heavy (non-hydrogen) atoms. The number of hydrogen-bond acceptors (Lipinski definition) is 4. The molecule has 1 heterocycles. The SMILES string of the molecule is CC1(C)CC(Oc2ccc(N)cc2C(=O)O)C(C)(C)O1. The normalized spacial score (nSPS) is 23.5. The van der Waals surface area contributed by atoms with Crippen molar-refractivity contribution in [3.63, 3.8) is 0 Å². The average molecular weight is 279 g/mol. The summed E-state index contributed by atoms with van der Waals surface area (Å²) < 4.78 is 11.9. The highest BCUT2D eigenvalue weighted by Crippen LogP contribution is 2.40. The number of carboxylic acid groups (broad SMARTS) is 1. The smallest absolute Gasteiger partial charge is 0.339 e. The van der Waals surface area contributed by atoms with E-state index in [-0.39, 0.29) is 17.3 Å². The first kappa shape index (κ1) is 14.7. The van der Waals surface area contributed by atoms with Crippen LogP contribution in [0.1, 0.15) is 44.5 Å². The molecule has 1 atom stereocenters. The number of ether oxygens (including phenoxy) is 2. The molecule has 2 rings (SSSR count). The van der Waals surface area contributed by atoms with E-state index < -0.39 is 11.6 Å². The summed E-state index contributed by atoms with van der Waals surface area (Å²) in [7, 11) is 0. The number of anilines is 1. The molecule has 1 fully saturated rings. The molecule has 0 aromatic heterocycles. The largest absolute Gasteiger partial charge is 0.486 e. The summed E-state index contributed by atoms with van der Waals surface area (Å²) in [5.74, 6) is -0.727. The van der Waals surface area contributed by atoms with Crippen LogP contribution in [0.25, 0.3) is 0 Å². The van der Waals surface area contributed by atoms with Gasteiger partial charge in [-0.15, -0.1) is 0 Å². The van der Waals surface area contributed by atoms with Gasteiger partial charge in [-0.3, -0.25) is 0 Å². The molecule has 3 N–H and O–H groups in total. The Balaban J connectivity index is 2.29. The molecule has 110 valence electrons. The van der Waals surface area contributed by atoms with Crippen LogP contribution in [0.3, 0.4) is 0 Å². The standard InChI is InChI=1S/C15H21NO4/c1-14(2)8-12(15(3,4)20-14)19-11-6-5-9(16)7-10(11)13(17)18/h5-7,12H,8,16H2,1-4H3,(H,17,18). The summed E-state index contributed by atoms with van der Waals surface area (Å²) in [6, 6.07) is 4.64. The second kappa shape index (κ2) is 4.66. The molecule has 1 aromatic rings. The predicted octanol–water partition coefficient (Wildman–Crippen LogP) is 2.69. The molecule has 5 nitrogen and oxygen atoms in total. The van der Waals surface area contributed by atoms with Gasteiger partial charge in [-0.05, 0) is 45.9 Å². The highest BCUT2D eigenvalue weighted by atomic mass is 16.6. The van der Waals surface area contributed by atoms with Crippen LogP contribution in [-0.2, 0) is 4.74 Å². The molecular weight excluding hydrogens is 258 g/mol. The van der Waals surface area contributed by atoms with Gasteiger partial charge in [0.25, 0.3) is 0 Å². The second-order valence-electron chi connectivity index (χ2n) is 6.34. The first-order valence-corrected chi connectivity index (χ1v) is 6.60. The number of nitrogens with two attached hydrogens (primary N) is 1. The van der Waals surface area contributed by atoms with Gasteiger partial charge < -0.3 is 20.3 Å². The van der Waals surface area contributed by atoms with Crippen molar-refractivity contribution in [1.82, 2.24) is 0 Å². The number of nitrogen functional groups attached to an aromatic ring is 1. The summed E-state index contributed by atoms with van der Waals surface area (Å²) in [4.78, 5) is 11.3. The van der Waals surface area contributed by atoms with E-state index in [0.29, 0.717) is 17.9 Å². The molecule has 1 aliphatic rings. The number of carboxylic acids is 1. The number of rotatable bonds is 3. The van der Waals surface area contributed by atoms with Crippen molar-refractivity contribution in [1.29, 1.82) is 0 Å². The van der Waals surface area contributed by atoms with Gasteiger partial charge in [0.05, 0.1) is 5.60 Å². The quantitative estimate of drug-likeness (QED) is 0.831. The first-order chi connectivity index (χ1) is 9.11. The van der Waals surface area contributed by atoms with Gasteiger partial charge in [0.15, 0.2) is 0 Å². The Hall–Kier alpha value is -1.75. The predicted molar refractivity (Wildman–Crippen MR) is 76.1 cm³/mol. The fourth-order valence-electron chi connectivity index (χ4n) is 2.67. The molecule has 0 amide bonds. The third-order valence-corrected chi connectivity index (χ3v) is 3.49. The van der Waals surface area contributed by atoms with E-state index in [9.17, 15) is 9.90 Å². The second-order valence-corrected chi connectivity index (χ2v) is 6.34. The van der Waals surface area contributed by atoms with E-state index in [1.807, 2.05) is 27.7 Å². The molecule has 0 bridgehead atoms. The number of aromatic carboxylic acids is 1. The lowest BCUT2D eigenvalue weighted by Crippen LogP contribution is -2.37. The van der Waals surface area contributed by atoms with Crippen molar-refractivity contribution in [3.8, 4) is 5.75 Å². The fraction of sp³-hybridized carbons (Fsp3) is 0.533. The van der Waals surface area contributed by atoms with E-state index in [2.05, 4.69) is 0 Å². The Bertz CT molecular complexity index is 537. The van der Waals surface area contributed by atoms with Crippen molar-refractivity contribution in [2.45, 2.75) is 51.4 Å². The lowest BCUT2D eigenvalue weighted by molar-refractivity contribution is -0.0846. The lowest BCUT2D eigenvalue weighted by Gasteiger charge is -2.27. The van der Waals surface area contributed by atoms with Crippen LogP contribution in [0.2, 0.25) is 0 Å². The van der Waals surface area contributed by atoms with Gasteiger partial charge >= 0.3 is 5.97 Å². The van der Waals surface area contributed by atoms with Crippen LogP contribution in [0.5, 0.6) is 5.75 Å².